The van der Waals surface area contributed by atoms with Crippen molar-refractivity contribution in [3.8, 4) is 5.75 Å². The van der Waals surface area contributed by atoms with Gasteiger partial charge < -0.3 is 10.1 Å². The molecule has 0 amide bonds. The van der Waals surface area contributed by atoms with E-state index in [0.717, 1.165) is 0 Å². The molecule has 0 spiro atoms. The van der Waals surface area contributed by atoms with Crippen molar-refractivity contribution in [1.29, 1.82) is 0 Å². The standard InChI is InChI=1S/C14H12ClF2NO/c15-10-4-3-6-12(14(10)17)18-8-9-19-13-7-2-1-5-11(13)16/h1-7,18H,8-9H2. The molecule has 0 atom stereocenters. The number of anilines is 1. The highest BCUT2D eigenvalue weighted by Crippen LogP contribution is 2.21. The molecule has 0 aliphatic carbocycles. The van der Waals surface area contributed by atoms with E-state index in [1.54, 1.807) is 24.3 Å². The van der Waals surface area contributed by atoms with Crippen molar-refractivity contribution >= 4 is 17.3 Å². The maximum atomic E-state index is 13.5. The van der Waals surface area contributed by atoms with Gasteiger partial charge in [0.1, 0.15) is 6.61 Å². The van der Waals surface area contributed by atoms with E-state index in [9.17, 15) is 8.78 Å². The lowest BCUT2D eigenvalue weighted by Crippen LogP contribution is -2.12. The predicted octanol–water partition coefficient (Wildman–Crippen LogP) is 4.11. The number of hydrogen-bond acceptors (Lipinski definition) is 2. The Kier molecular flexibility index (Phi) is 4.58. The minimum atomic E-state index is -0.505. The number of ether oxygens (including phenoxy) is 1. The van der Waals surface area contributed by atoms with E-state index in [1.807, 2.05) is 0 Å². The number of rotatable bonds is 5. The fraction of sp³-hybridized carbons (Fsp3) is 0.143. The summed E-state index contributed by atoms with van der Waals surface area (Å²) in [4.78, 5) is 0. The molecule has 19 heavy (non-hydrogen) atoms. The third-order valence-electron chi connectivity index (χ3n) is 2.46. The first-order valence-corrected chi connectivity index (χ1v) is 6.11. The molecule has 0 radical (unpaired) electrons. The number of halogens is 3. The fourth-order valence-corrected chi connectivity index (χ4v) is 1.72. The average Bonchev–Trinajstić information content (AvgIpc) is 2.41. The molecule has 0 bridgehead atoms. The molecule has 0 aliphatic rings. The Hall–Kier alpha value is -1.81. The van der Waals surface area contributed by atoms with Crippen molar-refractivity contribution in [2.45, 2.75) is 0 Å². The zero-order valence-electron chi connectivity index (χ0n) is 10.00. The molecule has 5 heteroatoms. The molecule has 2 nitrogen and oxygen atoms in total. The second kappa shape index (κ2) is 6.38. The van der Waals surface area contributed by atoms with Gasteiger partial charge in [-0.2, -0.15) is 0 Å². The minimum absolute atomic E-state index is 0.0556. The van der Waals surface area contributed by atoms with Crippen LogP contribution in [0.25, 0.3) is 0 Å². The summed E-state index contributed by atoms with van der Waals surface area (Å²) >= 11 is 5.65. The highest BCUT2D eigenvalue weighted by Gasteiger charge is 2.05. The summed E-state index contributed by atoms with van der Waals surface area (Å²) in [5.74, 6) is -0.748. The number of hydrogen-bond donors (Lipinski definition) is 1. The summed E-state index contributed by atoms with van der Waals surface area (Å²) in [6, 6.07) is 10.8. The molecular formula is C14H12ClF2NO. The van der Waals surface area contributed by atoms with E-state index in [2.05, 4.69) is 5.32 Å². The lowest BCUT2D eigenvalue weighted by molar-refractivity contribution is 0.315. The summed E-state index contributed by atoms with van der Waals surface area (Å²) in [6.45, 7) is 0.554. The second-order valence-corrected chi connectivity index (χ2v) is 4.21. The van der Waals surface area contributed by atoms with Crippen LogP contribution in [0.4, 0.5) is 14.5 Å². The predicted molar refractivity (Wildman–Crippen MR) is 71.8 cm³/mol. The molecule has 0 unspecified atom stereocenters. The first kappa shape index (κ1) is 13.6. The zero-order chi connectivity index (χ0) is 13.7. The summed E-state index contributed by atoms with van der Waals surface area (Å²) < 4.78 is 32.0. The Balaban J connectivity index is 1.84. The van der Waals surface area contributed by atoms with E-state index in [0.29, 0.717) is 12.2 Å². The normalized spacial score (nSPS) is 10.3. The molecule has 2 rings (SSSR count). The largest absolute Gasteiger partial charge is 0.489 e. The van der Waals surface area contributed by atoms with Crippen LogP contribution in [0.3, 0.4) is 0 Å². The monoisotopic (exact) mass is 283 g/mol. The molecular weight excluding hydrogens is 272 g/mol. The van der Waals surface area contributed by atoms with E-state index in [1.165, 1.54) is 18.2 Å². The summed E-state index contributed by atoms with van der Waals surface area (Å²) in [6.07, 6.45) is 0. The number of benzene rings is 2. The molecule has 1 N–H and O–H groups in total. The molecule has 0 aromatic heterocycles. The second-order valence-electron chi connectivity index (χ2n) is 3.81. The van der Waals surface area contributed by atoms with Crippen molar-refractivity contribution in [1.82, 2.24) is 0 Å². The van der Waals surface area contributed by atoms with Crippen LogP contribution in [0, 0.1) is 11.6 Å². The molecule has 0 aliphatic heterocycles. The third-order valence-corrected chi connectivity index (χ3v) is 2.76. The highest BCUT2D eigenvalue weighted by atomic mass is 35.5. The number of nitrogens with one attached hydrogen (secondary N) is 1. The Morgan fingerprint density at radius 3 is 2.63 bits per heavy atom. The van der Waals surface area contributed by atoms with Gasteiger partial charge in [0.05, 0.1) is 10.7 Å². The van der Waals surface area contributed by atoms with E-state index in [4.69, 9.17) is 16.3 Å². The summed E-state index contributed by atoms with van der Waals surface area (Å²) in [5, 5.41) is 2.89. The van der Waals surface area contributed by atoms with Crippen LogP contribution in [0.2, 0.25) is 5.02 Å². The fourth-order valence-electron chi connectivity index (χ4n) is 1.55. The van der Waals surface area contributed by atoms with Crippen molar-refractivity contribution in [2.24, 2.45) is 0 Å². The van der Waals surface area contributed by atoms with Gasteiger partial charge >= 0.3 is 0 Å². The van der Waals surface area contributed by atoms with Crippen molar-refractivity contribution in [3.63, 3.8) is 0 Å². The maximum absolute atomic E-state index is 13.5. The van der Waals surface area contributed by atoms with Gasteiger partial charge in [-0.3, -0.25) is 0 Å². The Labute approximate surface area is 115 Å². The smallest absolute Gasteiger partial charge is 0.165 e. The van der Waals surface area contributed by atoms with Crippen LogP contribution in [0.1, 0.15) is 0 Å². The van der Waals surface area contributed by atoms with Crippen LogP contribution < -0.4 is 10.1 Å². The summed E-state index contributed by atoms with van der Waals surface area (Å²) in [5.41, 5.74) is 0.296. The minimum Gasteiger partial charge on any atom is -0.489 e. The first-order valence-electron chi connectivity index (χ1n) is 5.73. The van der Waals surface area contributed by atoms with E-state index >= 15 is 0 Å². The van der Waals surface area contributed by atoms with Crippen molar-refractivity contribution in [2.75, 3.05) is 18.5 Å². The van der Waals surface area contributed by atoms with Gasteiger partial charge in [0.2, 0.25) is 0 Å². The molecule has 100 valence electrons. The summed E-state index contributed by atoms with van der Waals surface area (Å²) in [7, 11) is 0. The van der Waals surface area contributed by atoms with Gasteiger partial charge in [0.15, 0.2) is 17.4 Å². The molecule has 0 saturated carbocycles. The Bertz CT molecular complexity index is 563. The van der Waals surface area contributed by atoms with Gasteiger partial charge in [-0.25, -0.2) is 8.78 Å². The molecule has 2 aromatic rings. The quantitative estimate of drug-likeness (QED) is 0.834. The molecule has 2 aromatic carbocycles. The molecule has 0 fully saturated rings. The Morgan fingerprint density at radius 2 is 1.84 bits per heavy atom. The van der Waals surface area contributed by atoms with E-state index < -0.39 is 11.6 Å². The lowest BCUT2D eigenvalue weighted by Gasteiger charge is -2.10. The van der Waals surface area contributed by atoms with Gasteiger partial charge in [0.25, 0.3) is 0 Å². The first-order chi connectivity index (χ1) is 9.18. The van der Waals surface area contributed by atoms with Crippen LogP contribution in [-0.2, 0) is 0 Å². The van der Waals surface area contributed by atoms with Crippen molar-refractivity contribution in [3.05, 3.63) is 59.1 Å². The third kappa shape index (κ3) is 3.58. The van der Waals surface area contributed by atoms with Crippen LogP contribution in [0.15, 0.2) is 42.5 Å². The SMILES string of the molecule is Fc1ccccc1OCCNc1cccc(Cl)c1F. The molecule has 0 heterocycles. The lowest BCUT2D eigenvalue weighted by atomic mass is 10.3. The van der Waals surface area contributed by atoms with E-state index in [-0.39, 0.29) is 17.4 Å². The topological polar surface area (TPSA) is 21.3 Å². The van der Waals surface area contributed by atoms with Gasteiger partial charge in [0, 0.05) is 6.54 Å². The van der Waals surface area contributed by atoms with Gasteiger partial charge in [-0.15, -0.1) is 0 Å². The van der Waals surface area contributed by atoms with Crippen LogP contribution in [0.5, 0.6) is 5.75 Å². The van der Waals surface area contributed by atoms with Crippen LogP contribution >= 0.6 is 11.6 Å². The van der Waals surface area contributed by atoms with Crippen molar-refractivity contribution < 1.29 is 13.5 Å². The zero-order valence-corrected chi connectivity index (χ0v) is 10.8. The molecule has 0 saturated heterocycles. The van der Waals surface area contributed by atoms with Crippen LogP contribution in [-0.4, -0.2) is 13.2 Å². The maximum Gasteiger partial charge on any atom is 0.165 e. The van der Waals surface area contributed by atoms with Gasteiger partial charge in [-0.1, -0.05) is 29.8 Å². The highest BCUT2D eigenvalue weighted by molar-refractivity contribution is 6.31. The average molecular weight is 284 g/mol. The number of para-hydroxylation sites is 1. The Morgan fingerprint density at radius 1 is 1.05 bits per heavy atom. The van der Waals surface area contributed by atoms with Gasteiger partial charge in [-0.05, 0) is 24.3 Å².